The number of benzene rings is 1. The van der Waals surface area contributed by atoms with Crippen molar-refractivity contribution in [1.29, 1.82) is 0 Å². The minimum Gasteiger partial charge on any atom is -0.465 e. The van der Waals surface area contributed by atoms with Crippen LogP contribution in [-0.4, -0.2) is 19.6 Å². The van der Waals surface area contributed by atoms with E-state index >= 15 is 0 Å². The molecule has 0 unspecified atom stereocenters. The van der Waals surface area contributed by atoms with E-state index in [4.69, 9.17) is 4.42 Å². The molecule has 25 heavy (non-hydrogen) atoms. The first-order valence-corrected chi connectivity index (χ1v) is 10.6. The summed E-state index contributed by atoms with van der Waals surface area (Å²) in [5.41, 5.74) is 0.871. The van der Waals surface area contributed by atoms with Gasteiger partial charge in [-0.25, -0.2) is 8.42 Å². The molecule has 7 heteroatoms. The molecule has 1 aromatic heterocycles. The number of furan rings is 1. The molecule has 1 saturated carbocycles. The molecule has 1 aromatic carbocycles. The van der Waals surface area contributed by atoms with Crippen LogP contribution in [0.4, 0.5) is 5.69 Å². The van der Waals surface area contributed by atoms with Crippen molar-refractivity contribution in [3.8, 4) is 0 Å². The van der Waals surface area contributed by atoms with E-state index < -0.39 is 9.84 Å². The second kappa shape index (κ2) is 6.96. The second-order valence-corrected chi connectivity index (χ2v) is 9.36. The molecule has 1 heterocycles. The third kappa shape index (κ3) is 3.53. The number of halogens is 1. The third-order valence-electron chi connectivity index (χ3n) is 4.58. The lowest BCUT2D eigenvalue weighted by atomic mass is 10.2. The minimum atomic E-state index is -3.35. The zero-order valence-corrected chi connectivity index (χ0v) is 16.5. The number of hydrogen-bond donors (Lipinski definition) is 1. The number of carbonyl (C=O) groups is 1. The molecule has 0 atom stereocenters. The number of hydrogen-bond acceptors (Lipinski definition) is 4. The van der Waals surface area contributed by atoms with Gasteiger partial charge in [0.15, 0.2) is 9.84 Å². The van der Waals surface area contributed by atoms with Crippen LogP contribution in [-0.2, 0) is 9.84 Å². The Hall–Kier alpha value is -1.60. The third-order valence-corrected chi connectivity index (χ3v) is 7.79. The van der Waals surface area contributed by atoms with Crippen molar-refractivity contribution in [1.82, 2.24) is 0 Å². The van der Waals surface area contributed by atoms with E-state index in [1.807, 2.05) is 0 Å². The van der Waals surface area contributed by atoms with Crippen molar-refractivity contribution in [2.75, 3.05) is 5.32 Å². The predicted octanol–water partition coefficient (Wildman–Crippen LogP) is 4.63. The average molecular weight is 426 g/mol. The van der Waals surface area contributed by atoms with Gasteiger partial charge in [0.2, 0.25) is 0 Å². The standard InChI is InChI=1S/C18H20BrNO4S/c1-11-16(17(19)12(2)24-11)18(21)20-13-6-5-9-15(10-13)25(22,23)14-7-3-4-8-14/h5-6,9-10,14H,3-4,7-8H2,1-2H3,(H,20,21). The predicted molar refractivity (Wildman–Crippen MR) is 99.7 cm³/mol. The summed E-state index contributed by atoms with van der Waals surface area (Å²) >= 11 is 3.36. The Morgan fingerprint density at radius 3 is 2.48 bits per heavy atom. The van der Waals surface area contributed by atoms with Crippen molar-refractivity contribution in [2.45, 2.75) is 49.7 Å². The fourth-order valence-corrected chi connectivity index (χ4v) is 5.69. The smallest absolute Gasteiger partial charge is 0.260 e. The summed E-state index contributed by atoms with van der Waals surface area (Å²) in [5.74, 6) is 0.799. The highest BCUT2D eigenvalue weighted by Crippen LogP contribution is 2.31. The van der Waals surface area contributed by atoms with Crippen LogP contribution in [0.1, 0.15) is 47.6 Å². The molecule has 1 aliphatic carbocycles. The van der Waals surface area contributed by atoms with Crippen molar-refractivity contribution < 1.29 is 17.6 Å². The second-order valence-electron chi connectivity index (χ2n) is 6.34. The number of sulfone groups is 1. The summed E-state index contributed by atoms with van der Waals surface area (Å²) in [6.45, 7) is 3.48. The number of rotatable bonds is 4. The van der Waals surface area contributed by atoms with Gasteiger partial charge in [0.05, 0.1) is 20.2 Å². The lowest BCUT2D eigenvalue weighted by Crippen LogP contribution is -2.18. The zero-order chi connectivity index (χ0) is 18.2. The normalized spacial score (nSPS) is 15.5. The maximum absolute atomic E-state index is 12.7. The maximum atomic E-state index is 12.7. The highest BCUT2D eigenvalue weighted by atomic mass is 79.9. The molecule has 0 radical (unpaired) electrons. The van der Waals surface area contributed by atoms with Gasteiger partial charge in [0.1, 0.15) is 11.5 Å². The molecule has 0 bridgehead atoms. The van der Waals surface area contributed by atoms with E-state index in [0.29, 0.717) is 40.1 Å². The molecular formula is C18H20BrNO4S. The van der Waals surface area contributed by atoms with E-state index in [1.54, 1.807) is 32.0 Å². The topological polar surface area (TPSA) is 76.4 Å². The van der Waals surface area contributed by atoms with E-state index in [9.17, 15) is 13.2 Å². The van der Waals surface area contributed by atoms with Gasteiger partial charge in [0.25, 0.3) is 5.91 Å². The Morgan fingerprint density at radius 1 is 1.20 bits per heavy atom. The summed E-state index contributed by atoms with van der Waals surface area (Å²) in [5, 5.41) is 2.45. The summed E-state index contributed by atoms with van der Waals surface area (Å²) in [4.78, 5) is 12.8. The average Bonchev–Trinajstić information content (AvgIpc) is 3.17. The molecule has 2 aromatic rings. The minimum absolute atomic E-state index is 0.261. The van der Waals surface area contributed by atoms with Gasteiger partial charge >= 0.3 is 0 Å². The SMILES string of the molecule is Cc1oc(C)c(C(=O)Nc2cccc(S(=O)(=O)C3CCCC3)c2)c1Br. The van der Waals surface area contributed by atoms with Crippen LogP contribution in [0.5, 0.6) is 0 Å². The van der Waals surface area contributed by atoms with Gasteiger partial charge in [-0.3, -0.25) is 4.79 Å². The number of amides is 1. The summed E-state index contributed by atoms with van der Waals surface area (Å²) < 4.78 is 31.5. The fourth-order valence-electron chi connectivity index (χ4n) is 3.25. The Bertz CT molecular complexity index is 911. The molecule has 0 aliphatic heterocycles. The Labute approximate surface area is 155 Å². The number of anilines is 1. The Balaban J connectivity index is 1.86. The van der Waals surface area contributed by atoms with E-state index in [2.05, 4.69) is 21.2 Å². The van der Waals surface area contributed by atoms with Gasteiger partial charge in [-0.1, -0.05) is 18.9 Å². The molecule has 1 amide bonds. The van der Waals surface area contributed by atoms with Gasteiger partial charge in [-0.2, -0.15) is 0 Å². The lowest BCUT2D eigenvalue weighted by Gasteiger charge is -2.12. The molecule has 5 nitrogen and oxygen atoms in total. The van der Waals surface area contributed by atoms with E-state index in [1.165, 1.54) is 6.07 Å². The number of carbonyl (C=O) groups excluding carboxylic acids is 1. The van der Waals surface area contributed by atoms with Crippen molar-refractivity contribution in [3.05, 3.63) is 45.8 Å². The summed E-state index contributed by atoms with van der Waals surface area (Å²) in [6.07, 6.45) is 3.32. The van der Waals surface area contributed by atoms with Gasteiger partial charge < -0.3 is 9.73 Å². The van der Waals surface area contributed by atoms with Crippen LogP contribution >= 0.6 is 15.9 Å². The van der Waals surface area contributed by atoms with Gasteiger partial charge in [-0.15, -0.1) is 0 Å². The fraction of sp³-hybridized carbons (Fsp3) is 0.389. The van der Waals surface area contributed by atoms with E-state index in [-0.39, 0.29) is 16.1 Å². The van der Waals surface area contributed by atoms with Crippen LogP contribution in [0.15, 0.2) is 38.1 Å². The molecule has 0 spiro atoms. The highest BCUT2D eigenvalue weighted by Gasteiger charge is 2.30. The van der Waals surface area contributed by atoms with Gasteiger partial charge in [0, 0.05) is 5.69 Å². The molecule has 0 saturated heterocycles. The quantitative estimate of drug-likeness (QED) is 0.774. The lowest BCUT2D eigenvalue weighted by molar-refractivity contribution is 0.102. The summed E-state index contributed by atoms with van der Waals surface area (Å²) in [6, 6.07) is 6.45. The van der Waals surface area contributed by atoms with Crippen molar-refractivity contribution >= 4 is 37.4 Å². The first kappa shape index (κ1) is 18.2. The molecule has 3 rings (SSSR count). The largest absolute Gasteiger partial charge is 0.465 e. The van der Waals surface area contributed by atoms with Crippen LogP contribution < -0.4 is 5.32 Å². The monoisotopic (exact) mass is 425 g/mol. The van der Waals surface area contributed by atoms with Crippen LogP contribution in [0.25, 0.3) is 0 Å². The summed E-state index contributed by atoms with van der Waals surface area (Å²) in [7, 11) is -3.35. The Kier molecular flexibility index (Phi) is 5.06. The molecular weight excluding hydrogens is 406 g/mol. The Morgan fingerprint density at radius 2 is 1.88 bits per heavy atom. The van der Waals surface area contributed by atoms with Gasteiger partial charge in [-0.05, 0) is 60.8 Å². The van der Waals surface area contributed by atoms with Crippen molar-refractivity contribution in [2.24, 2.45) is 0 Å². The first-order chi connectivity index (χ1) is 11.8. The number of nitrogens with one attached hydrogen (secondary N) is 1. The molecule has 134 valence electrons. The van der Waals surface area contributed by atoms with Crippen LogP contribution in [0, 0.1) is 13.8 Å². The zero-order valence-electron chi connectivity index (χ0n) is 14.1. The molecule has 1 aliphatic rings. The van der Waals surface area contributed by atoms with Crippen LogP contribution in [0.3, 0.4) is 0 Å². The van der Waals surface area contributed by atoms with Crippen LogP contribution in [0.2, 0.25) is 0 Å². The van der Waals surface area contributed by atoms with Crippen molar-refractivity contribution in [3.63, 3.8) is 0 Å². The maximum Gasteiger partial charge on any atom is 0.260 e. The van der Waals surface area contributed by atoms with E-state index in [0.717, 1.165) is 12.8 Å². The molecule has 1 N–H and O–H groups in total. The number of aryl methyl sites for hydroxylation is 2. The highest BCUT2D eigenvalue weighted by molar-refractivity contribution is 9.10. The molecule has 1 fully saturated rings. The first-order valence-electron chi connectivity index (χ1n) is 8.21.